The van der Waals surface area contributed by atoms with Gasteiger partial charge in [0.25, 0.3) is 0 Å². The van der Waals surface area contributed by atoms with Gasteiger partial charge in [0.05, 0.1) is 0 Å². The number of benzene rings is 2. The standard InChI is InChI=1S/C16H17F2N/c1-10-5-3-4-6-12(10)9-14(19)13-8-7-11(2)15(17)16(13)18/h3-8,14H,9,19H2,1-2H3. The Morgan fingerprint density at radius 1 is 0.947 bits per heavy atom. The molecular weight excluding hydrogens is 244 g/mol. The van der Waals surface area contributed by atoms with Gasteiger partial charge in [-0.15, -0.1) is 0 Å². The average Bonchev–Trinajstić information content (AvgIpc) is 2.39. The molecule has 0 fully saturated rings. The molecule has 0 aliphatic rings. The largest absolute Gasteiger partial charge is 0.324 e. The van der Waals surface area contributed by atoms with Crippen LogP contribution in [0.3, 0.4) is 0 Å². The second-order valence-electron chi connectivity index (χ2n) is 4.84. The second-order valence-corrected chi connectivity index (χ2v) is 4.84. The monoisotopic (exact) mass is 261 g/mol. The summed E-state index contributed by atoms with van der Waals surface area (Å²) in [6.07, 6.45) is 0.492. The zero-order valence-corrected chi connectivity index (χ0v) is 11.1. The predicted octanol–water partition coefficient (Wildman–Crippen LogP) is 3.82. The molecule has 0 aliphatic carbocycles. The maximum absolute atomic E-state index is 13.9. The Balaban J connectivity index is 2.28. The molecule has 0 saturated heterocycles. The first-order chi connectivity index (χ1) is 9.00. The third kappa shape index (κ3) is 2.82. The quantitative estimate of drug-likeness (QED) is 0.893. The van der Waals surface area contributed by atoms with Crippen LogP contribution < -0.4 is 5.73 Å². The highest BCUT2D eigenvalue weighted by atomic mass is 19.2. The first kappa shape index (κ1) is 13.7. The smallest absolute Gasteiger partial charge is 0.163 e. The molecule has 2 N–H and O–H groups in total. The van der Waals surface area contributed by atoms with Crippen molar-refractivity contribution in [2.24, 2.45) is 5.73 Å². The number of hydrogen-bond donors (Lipinski definition) is 1. The molecule has 0 bridgehead atoms. The highest BCUT2D eigenvalue weighted by Gasteiger charge is 2.17. The number of nitrogens with two attached hydrogens (primary N) is 1. The van der Waals surface area contributed by atoms with Crippen LogP contribution in [0.1, 0.15) is 28.3 Å². The van der Waals surface area contributed by atoms with Crippen LogP contribution in [-0.4, -0.2) is 0 Å². The Labute approximate surface area is 112 Å². The van der Waals surface area contributed by atoms with E-state index in [1.165, 1.54) is 6.92 Å². The van der Waals surface area contributed by atoms with Gasteiger partial charge in [0.2, 0.25) is 0 Å². The van der Waals surface area contributed by atoms with Crippen molar-refractivity contribution in [3.8, 4) is 0 Å². The lowest BCUT2D eigenvalue weighted by atomic mass is 9.95. The molecule has 2 aromatic carbocycles. The number of rotatable bonds is 3. The molecule has 1 atom stereocenters. The summed E-state index contributed by atoms with van der Waals surface area (Å²) in [4.78, 5) is 0. The summed E-state index contributed by atoms with van der Waals surface area (Å²) in [5, 5.41) is 0. The van der Waals surface area contributed by atoms with Crippen molar-refractivity contribution in [1.29, 1.82) is 0 Å². The summed E-state index contributed by atoms with van der Waals surface area (Å²) < 4.78 is 27.4. The van der Waals surface area contributed by atoms with Crippen molar-refractivity contribution in [1.82, 2.24) is 0 Å². The Hall–Kier alpha value is -1.74. The minimum Gasteiger partial charge on any atom is -0.324 e. The number of halogens is 2. The SMILES string of the molecule is Cc1ccccc1CC(N)c1ccc(C)c(F)c1F. The summed E-state index contributed by atoms with van der Waals surface area (Å²) in [5.74, 6) is -1.64. The Kier molecular flexibility index (Phi) is 3.96. The van der Waals surface area contributed by atoms with Crippen LogP contribution in [0.15, 0.2) is 36.4 Å². The average molecular weight is 261 g/mol. The topological polar surface area (TPSA) is 26.0 Å². The van der Waals surface area contributed by atoms with Crippen LogP contribution >= 0.6 is 0 Å². The molecule has 0 aliphatic heterocycles. The molecule has 2 rings (SSSR count). The lowest BCUT2D eigenvalue weighted by molar-refractivity contribution is 0.483. The molecule has 1 nitrogen and oxygen atoms in total. The Bertz CT molecular complexity index is 593. The van der Waals surface area contributed by atoms with E-state index in [-0.39, 0.29) is 5.56 Å². The zero-order chi connectivity index (χ0) is 14.0. The van der Waals surface area contributed by atoms with E-state index in [0.29, 0.717) is 12.0 Å². The van der Waals surface area contributed by atoms with E-state index in [2.05, 4.69) is 0 Å². The molecule has 0 amide bonds. The van der Waals surface area contributed by atoms with E-state index < -0.39 is 17.7 Å². The fourth-order valence-corrected chi connectivity index (χ4v) is 2.13. The van der Waals surface area contributed by atoms with Crippen LogP contribution in [-0.2, 0) is 6.42 Å². The van der Waals surface area contributed by atoms with Gasteiger partial charge in [-0.05, 0) is 37.0 Å². The van der Waals surface area contributed by atoms with Crippen molar-refractivity contribution in [3.05, 3.63) is 70.3 Å². The molecule has 0 radical (unpaired) electrons. The molecule has 0 aromatic heterocycles. The molecule has 0 heterocycles. The maximum Gasteiger partial charge on any atom is 0.163 e. The van der Waals surface area contributed by atoms with E-state index >= 15 is 0 Å². The summed E-state index contributed by atoms with van der Waals surface area (Å²) in [5.41, 5.74) is 8.69. The van der Waals surface area contributed by atoms with E-state index in [4.69, 9.17) is 5.73 Å². The van der Waals surface area contributed by atoms with Crippen molar-refractivity contribution >= 4 is 0 Å². The summed E-state index contributed by atoms with van der Waals surface area (Å²) >= 11 is 0. The van der Waals surface area contributed by atoms with Crippen LogP contribution in [0.2, 0.25) is 0 Å². The molecule has 2 aromatic rings. The van der Waals surface area contributed by atoms with Gasteiger partial charge in [-0.25, -0.2) is 8.78 Å². The van der Waals surface area contributed by atoms with Gasteiger partial charge < -0.3 is 5.73 Å². The normalized spacial score (nSPS) is 12.5. The van der Waals surface area contributed by atoms with E-state index in [1.54, 1.807) is 12.1 Å². The molecule has 0 saturated carbocycles. The molecular formula is C16H17F2N. The van der Waals surface area contributed by atoms with Gasteiger partial charge in [-0.1, -0.05) is 36.4 Å². The lowest BCUT2D eigenvalue weighted by Gasteiger charge is -2.15. The predicted molar refractivity (Wildman–Crippen MR) is 72.9 cm³/mol. The molecule has 0 spiro atoms. The lowest BCUT2D eigenvalue weighted by Crippen LogP contribution is -2.16. The van der Waals surface area contributed by atoms with Crippen molar-refractivity contribution in [3.63, 3.8) is 0 Å². The fraction of sp³-hybridized carbons (Fsp3) is 0.250. The second kappa shape index (κ2) is 5.49. The van der Waals surface area contributed by atoms with Gasteiger partial charge in [0.15, 0.2) is 11.6 Å². The van der Waals surface area contributed by atoms with Crippen molar-refractivity contribution < 1.29 is 8.78 Å². The van der Waals surface area contributed by atoms with Gasteiger partial charge in [0, 0.05) is 11.6 Å². The minimum absolute atomic E-state index is 0.228. The van der Waals surface area contributed by atoms with Crippen LogP contribution in [0.5, 0.6) is 0 Å². The van der Waals surface area contributed by atoms with Crippen molar-refractivity contribution in [2.75, 3.05) is 0 Å². The fourth-order valence-electron chi connectivity index (χ4n) is 2.13. The van der Waals surface area contributed by atoms with Gasteiger partial charge in [0.1, 0.15) is 0 Å². The first-order valence-electron chi connectivity index (χ1n) is 6.25. The van der Waals surface area contributed by atoms with E-state index in [0.717, 1.165) is 11.1 Å². The number of aryl methyl sites for hydroxylation is 2. The van der Waals surface area contributed by atoms with Crippen LogP contribution in [0.25, 0.3) is 0 Å². The highest BCUT2D eigenvalue weighted by molar-refractivity contribution is 5.31. The molecule has 19 heavy (non-hydrogen) atoms. The van der Waals surface area contributed by atoms with Crippen molar-refractivity contribution in [2.45, 2.75) is 26.3 Å². The third-order valence-corrected chi connectivity index (χ3v) is 3.41. The van der Waals surface area contributed by atoms with Gasteiger partial charge in [-0.3, -0.25) is 0 Å². The number of hydrogen-bond acceptors (Lipinski definition) is 1. The highest BCUT2D eigenvalue weighted by Crippen LogP contribution is 2.23. The molecule has 3 heteroatoms. The Morgan fingerprint density at radius 3 is 2.32 bits per heavy atom. The van der Waals surface area contributed by atoms with E-state index in [9.17, 15) is 8.78 Å². The summed E-state index contributed by atoms with van der Waals surface area (Å²) in [6.45, 7) is 3.52. The zero-order valence-electron chi connectivity index (χ0n) is 11.1. The van der Waals surface area contributed by atoms with Gasteiger partial charge >= 0.3 is 0 Å². The summed E-state index contributed by atoms with van der Waals surface area (Å²) in [7, 11) is 0. The summed E-state index contributed by atoms with van der Waals surface area (Å²) in [6, 6.07) is 10.4. The molecule has 100 valence electrons. The Morgan fingerprint density at radius 2 is 1.63 bits per heavy atom. The van der Waals surface area contributed by atoms with Crippen LogP contribution in [0, 0.1) is 25.5 Å². The van der Waals surface area contributed by atoms with E-state index in [1.807, 2.05) is 31.2 Å². The minimum atomic E-state index is -0.832. The molecule has 1 unspecified atom stereocenters. The van der Waals surface area contributed by atoms with Crippen LogP contribution in [0.4, 0.5) is 8.78 Å². The third-order valence-electron chi connectivity index (χ3n) is 3.41. The first-order valence-corrected chi connectivity index (χ1v) is 6.25. The maximum atomic E-state index is 13.9. The van der Waals surface area contributed by atoms with Gasteiger partial charge in [-0.2, -0.15) is 0 Å².